The molecule has 0 saturated carbocycles. The predicted molar refractivity (Wildman–Crippen MR) is 176 cm³/mol. The van der Waals surface area contributed by atoms with Gasteiger partial charge in [-0.15, -0.1) is 0 Å². The molecule has 0 saturated heterocycles. The third kappa shape index (κ3) is 21.7. The topological polar surface area (TPSA) is 433 Å². The lowest BCUT2D eigenvalue weighted by Gasteiger charge is -2.27. The first-order valence-electron chi connectivity index (χ1n) is 16.3. The zero-order valence-electron chi connectivity index (χ0n) is 29.1. The predicted octanol–water partition coefficient (Wildman–Crippen LogP) is -3.99. The van der Waals surface area contributed by atoms with Gasteiger partial charge in [-0.1, -0.05) is 0 Å². The number of aliphatic carboxylic acids is 7. The molecule has 6 atom stereocenters. The highest BCUT2D eigenvalue weighted by molar-refractivity contribution is 5.97. The largest absolute Gasteiger partial charge is 0.481 e. The molecular formula is C30H44N6O19. The molecule has 0 aliphatic carbocycles. The Morgan fingerprint density at radius 1 is 0.327 bits per heavy atom. The summed E-state index contributed by atoms with van der Waals surface area (Å²) in [7, 11) is 0. The molecule has 5 amide bonds. The highest BCUT2D eigenvalue weighted by Gasteiger charge is 2.34. The van der Waals surface area contributed by atoms with Crippen molar-refractivity contribution in [1.29, 1.82) is 0 Å². The Morgan fingerprint density at radius 3 is 0.764 bits per heavy atom. The number of carbonyl (C=O) groups is 12. The van der Waals surface area contributed by atoms with Gasteiger partial charge in [-0.3, -0.25) is 52.7 Å². The Kier molecular flexibility index (Phi) is 21.9. The Hall–Kier alpha value is -6.40. The van der Waals surface area contributed by atoms with Crippen LogP contribution in [0.5, 0.6) is 0 Å². The van der Waals surface area contributed by atoms with Crippen molar-refractivity contribution >= 4 is 71.3 Å². The van der Waals surface area contributed by atoms with E-state index < -0.39 is 178 Å². The SMILES string of the molecule is N[C@H](CCC(=O)O)C(=O)N[C@H](CCC(=O)O)C(=O)N[C@H](CCC(=O)O)C(=O)N[C@H](CCC(=O)O)C(=O)N[C@H](CCC(=O)O)C(=O)N[C@H](CCC(=O)O)C(=O)O. The lowest BCUT2D eigenvalue weighted by atomic mass is 10.0. The van der Waals surface area contributed by atoms with Crippen LogP contribution >= 0.6 is 0 Å². The maximum atomic E-state index is 13.4. The summed E-state index contributed by atoms with van der Waals surface area (Å²) in [4.78, 5) is 144. The van der Waals surface area contributed by atoms with Crippen molar-refractivity contribution in [3.63, 3.8) is 0 Å². The van der Waals surface area contributed by atoms with Gasteiger partial charge in [0.25, 0.3) is 0 Å². The van der Waals surface area contributed by atoms with E-state index in [1.807, 2.05) is 5.32 Å². The number of amides is 5. The van der Waals surface area contributed by atoms with Gasteiger partial charge in [0.05, 0.1) is 6.04 Å². The molecule has 0 aromatic heterocycles. The molecule has 0 unspecified atom stereocenters. The quantitative estimate of drug-likeness (QED) is 0.0343. The van der Waals surface area contributed by atoms with Crippen LogP contribution in [0.15, 0.2) is 0 Å². The number of hydrogen-bond acceptors (Lipinski definition) is 13. The summed E-state index contributed by atoms with van der Waals surface area (Å²) in [5.41, 5.74) is 5.65. The van der Waals surface area contributed by atoms with Crippen LogP contribution in [0.4, 0.5) is 0 Å². The summed E-state index contributed by atoms with van der Waals surface area (Å²) in [5.74, 6) is -16.6. The Balaban J connectivity index is 6.41. The Labute approximate surface area is 310 Å². The number of carboxylic acid groups (broad SMARTS) is 7. The van der Waals surface area contributed by atoms with Crippen LogP contribution in [0.3, 0.4) is 0 Å². The molecule has 0 radical (unpaired) electrons. The summed E-state index contributed by atoms with van der Waals surface area (Å²) in [6.07, 6.45) is -8.10. The number of carbonyl (C=O) groups excluding carboxylic acids is 5. The van der Waals surface area contributed by atoms with Crippen LogP contribution in [-0.2, 0) is 57.5 Å². The maximum absolute atomic E-state index is 13.4. The highest BCUT2D eigenvalue weighted by atomic mass is 16.4. The molecule has 55 heavy (non-hydrogen) atoms. The average molecular weight is 793 g/mol. The second-order valence-electron chi connectivity index (χ2n) is 11.8. The van der Waals surface area contributed by atoms with Crippen LogP contribution < -0.4 is 32.3 Å². The first-order chi connectivity index (χ1) is 25.5. The van der Waals surface area contributed by atoms with E-state index in [1.54, 1.807) is 0 Å². The number of nitrogens with two attached hydrogens (primary N) is 1. The molecule has 0 spiro atoms. The van der Waals surface area contributed by atoms with Gasteiger partial charge < -0.3 is 68.1 Å². The first-order valence-corrected chi connectivity index (χ1v) is 16.3. The minimum atomic E-state index is -1.90. The van der Waals surface area contributed by atoms with E-state index >= 15 is 0 Å². The van der Waals surface area contributed by atoms with Gasteiger partial charge in [0.15, 0.2) is 0 Å². The van der Waals surface area contributed by atoms with E-state index in [0.29, 0.717) is 0 Å². The fourth-order valence-corrected chi connectivity index (χ4v) is 4.45. The van der Waals surface area contributed by atoms with Gasteiger partial charge in [-0.25, -0.2) is 4.79 Å². The fourth-order valence-electron chi connectivity index (χ4n) is 4.45. The molecule has 308 valence electrons. The van der Waals surface area contributed by atoms with Gasteiger partial charge in [0.2, 0.25) is 29.5 Å². The van der Waals surface area contributed by atoms with Crippen molar-refractivity contribution in [2.75, 3.05) is 0 Å². The molecule has 25 nitrogen and oxygen atoms in total. The van der Waals surface area contributed by atoms with Crippen molar-refractivity contribution in [3.8, 4) is 0 Å². The second-order valence-corrected chi connectivity index (χ2v) is 11.8. The van der Waals surface area contributed by atoms with Crippen LogP contribution in [0.1, 0.15) is 77.0 Å². The van der Waals surface area contributed by atoms with Gasteiger partial charge in [-0.05, 0) is 38.5 Å². The summed E-state index contributed by atoms with van der Waals surface area (Å²) < 4.78 is 0. The van der Waals surface area contributed by atoms with Crippen molar-refractivity contribution in [1.82, 2.24) is 26.6 Å². The van der Waals surface area contributed by atoms with Crippen LogP contribution in [0.25, 0.3) is 0 Å². The molecule has 0 fully saturated rings. The van der Waals surface area contributed by atoms with Crippen LogP contribution in [-0.4, -0.2) is 143 Å². The molecule has 0 aromatic carbocycles. The maximum Gasteiger partial charge on any atom is 0.326 e. The third-order valence-corrected chi connectivity index (χ3v) is 7.39. The minimum Gasteiger partial charge on any atom is -0.481 e. The van der Waals surface area contributed by atoms with Gasteiger partial charge in [-0.2, -0.15) is 0 Å². The average Bonchev–Trinajstić information content (AvgIpc) is 3.07. The third-order valence-electron chi connectivity index (χ3n) is 7.39. The molecule has 0 aromatic rings. The van der Waals surface area contributed by atoms with Gasteiger partial charge in [0, 0.05) is 38.5 Å². The van der Waals surface area contributed by atoms with Crippen molar-refractivity contribution in [2.24, 2.45) is 5.73 Å². The van der Waals surface area contributed by atoms with Crippen molar-refractivity contribution < 1.29 is 93.3 Å². The number of rotatable bonds is 29. The molecule has 0 rings (SSSR count). The van der Waals surface area contributed by atoms with E-state index in [2.05, 4.69) is 21.3 Å². The number of carboxylic acids is 7. The molecule has 0 aliphatic rings. The molecule has 0 aliphatic heterocycles. The summed E-state index contributed by atoms with van der Waals surface area (Å²) in [5, 5.41) is 74.1. The zero-order valence-corrected chi connectivity index (χ0v) is 29.1. The van der Waals surface area contributed by atoms with E-state index in [-0.39, 0.29) is 6.42 Å². The van der Waals surface area contributed by atoms with Crippen molar-refractivity contribution in [2.45, 2.75) is 113 Å². The Morgan fingerprint density at radius 2 is 0.527 bits per heavy atom. The van der Waals surface area contributed by atoms with Crippen LogP contribution in [0.2, 0.25) is 0 Å². The molecule has 14 N–H and O–H groups in total. The molecular weight excluding hydrogens is 748 g/mol. The second kappa shape index (κ2) is 24.8. The fraction of sp³-hybridized carbons (Fsp3) is 0.600. The number of hydrogen-bond donors (Lipinski definition) is 13. The molecule has 0 bridgehead atoms. The number of nitrogens with one attached hydrogen (secondary N) is 5. The van der Waals surface area contributed by atoms with Gasteiger partial charge >= 0.3 is 41.8 Å². The van der Waals surface area contributed by atoms with E-state index in [9.17, 15) is 72.9 Å². The zero-order chi connectivity index (χ0) is 42.4. The summed E-state index contributed by atoms with van der Waals surface area (Å²) in [6.45, 7) is 0. The lowest BCUT2D eigenvalue weighted by Crippen LogP contribution is -2.59. The normalized spacial score (nSPS) is 13.9. The Bertz CT molecular complexity index is 1470. The van der Waals surface area contributed by atoms with Crippen LogP contribution in [0, 0.1) is 0 Å². The minimum absolute atomic E-state index is 0.387. The molecule has 25 heteroatoms. The smallest absolute Gasteiger partial charge is 0.326 e. The summed E-state index contributed by atoms with van der Waals surface area (Å²) >= 11 is 0. The highest BCUT2D eigenvalue weighted by Crippen LogP contribution is 2.09. The molecule has 0 heterocycles. The van der Waals surface area contributed by atoms with Crippen molar-refractivity contribution in [3.05, 3.63) is 0 Å². The van der Waals surface area contributed by atoms with E-state index in [1.165, 1.54) is 0 Å². The first kappa shape index (κ1) is 48.6. The standard InChI is InChI=1S/C30H44N6O19/c31-13(1-7-19(37)38)25(49)32-14(2-8-20(39)40)26(50)33-15(3-9-21(41)42)27(51)34-16(4-10-22(43)44)28(52)35-17(5-11-23(45)46)29(53)36-18(30(54)55)6-12-24(47)48/h13-18H,1-12,31H2,(H,32,49)(H,33,50)(H,34,51)(H,35,52)(H,36,53)(H,37,38)(H,39,40)(H,41,42)(H,43,44)(H,45,46)(H,47,48)(H,54,55)/t13-,14-,15-,16-,17-,18-/m1/s1. The monoisotopic (exact) mass is 792 g/mol. The van der Waals surface area contributed by atoms with Gasteiger partial charge in [0.1, 0.15) is 30.2 Å². The lowest BCUT2D eigenvalue weighted by molar-refractivity contribution is -0.144. The van der Waals surface area contributed by atoms with E-state index in [0.717, 1.165) is 0 Å². The summed E-state index contributed by atoms with van der Waals surface area (Å²) in [6, 6.07) is -10.6. The van der Waals surface area contributed by atoms with E-state index in [4.69, 9.17) is 26.2 Å².